The van der Waals surface area contributed by atoms with Crippen LogP contribution in [0.3, 0.4) is 0 Å². The molecule has 1 unspecified atom stereocenters. The summed E-state index contributed by atoms with van der Waals surface area (Å²) in [4.78, 5) is 21.6. The van der Waals surface area contributed by atoms with Crippen molar-refractivity contribution in [2.45, 2.75) is 25.5 Å². The molecule has 3 aliphatic heterocycles. The molecule has 0 N–H and O–H groups in total. The second kappa shape index (κ2) is 7.69. The number of piperazine rings is 1. The first-order chi connectivity index (χ1) is 13.8. The molecule has 4 heterocycles. The van der Waals surface area contributed by atoms with Crippen LogP contribution in [0.1, 0.15) is 18.5 Å². The minimum atomic E-state index is -0.214. The van der Waals surface area contributed by atoms with Crippen molar-refractivity contribution in [3.05, 3.63) is 29.3 Å². The highest BCUT2D eigenvalue weighted by Crippen LogP contribution is 2.36. The summed E-state index contributed by atoms with van der Waals surface area (Å²) in [6.45, 7) is 5.07. The summed E-state index contributed by atoms with van der Waals surface area (Å²) in [6.07, 6.45) is 1.64. The maximum atomic E-state index is 12.5. The van der Waals surface area contributed by atoms with Crippen LogP contribution in [0.5, 0.6) is 11.5 Å². The van der Waals surface area contributed by atoms with Gasteiger partial charge >= 0.3 is 0 Å². The van der Waals surface area contributed by atoms with E-state index in [1.54, 1.807) is 11.3 Å². The standard InChI is InChI=1S/C20H23N3O4S/c24-20(17-2-1-9-25-17)23-7-5-22(6-8-23)11-15-12-28-19(21-15)14-3-4-16-18(10-14)27-13-26-16/h3-4,10,12,17H,1-2,5-9,11,13H2. The molecule has 2 saturated heterocycles. The lowest BCUT2D eigenvalue weighted by atomic mass is 10.2. The Morgan fingerprint density at radius 2 is 2.04 bits per heavy atom. The van der Waals surface area contributed by atoms with Gasteiger partial charge in [0.2, 0.25) is 6.79 Å². The third kappa shape index (κ3) is 3.59. The molecule has 0 saturated carbocycles. The molecule has 1 aromatic carbocycles. The number of hydrogen-bond donors (Lipinski definition) is 0. The number of thiazole rings is 1. The quantitative estimate of drug-likeness (QED) is 0.784. The molecule has 0 radical (unpaired) electrons. The third-order valence-electron chi connectivity index (χ3n) is 5.45. The second-order valence-corrected chi connectivity index (χ2v) is 8.17. The highest BCUT2D eigenvalue weighted by Gasteiger charge is 2.30. The minimum Gasteiger partial charge on any atom is -0.454 e. The number of carbonyl (C=O) groups excluding carboxylic acids is 1. The topological polar surface area (TPSA) is 64.1 Å². The Bertz CT molecular complexity index is 857. The number of amides is 1. The molecule has 2 fully saturated rings. The van der Waals surface area contributed by atoms with Crippen LogP contribution in [-0.4, -0.2) is 66.4 Å². The number of carbonyl (C=O) groups is 1. The van der Waals surface area contributed by atoms with Crippen LogP contribution < -0.4 is 9.47 Å². The zero-order chi connectivity index (χ0) is 18.9. The summed E-state index contributed by atoms with van der Waals surface area (Å²) in [5, 5.41) is 3.10. The second-order valence-electron chi connectivity index (χ2n) is 7.32. The Hall–Kier alpha value is -2.16. The van der Waals surface area contributed by atoms with E-state index >= 15 is 0 Å². The van der Waals surface area contributed by atoms with Gasteiger partial charge in [-0.1, -0.05) is 0 Å². The third-order valence-corrected chi connectivity index (χ3v) is 6.39. The van der Waals surface area contributed by atoms with Crippen LogP contribution in [0.15, 0.2) is 23.6 Å². The van der Waals surface area contributed by atoms with Crippen LogP contribution in [0, 0.1) is 0 Å². The summed E-state index contributed by atoms with van der Waals surface area (Å²) >= 11 is 1.64. The van der Waals surface area contributed by atoms with E-state index in [1.165, 1.54) is 0 Å². The van der Waals surface area contributed by atoms with Crippen molar-refractivity contribution in [1.82, 2.24) is 14.8 Å². The average Bonchev–Trinajstić information content (AvgIpc) is 3.48. The van der Waals surface area contributed by atoms with Crippen molar-refractivity contribution in [3.8, 4) is 22.1 Å². The maximum Gasteiger partial charge on any atom is 0.251 e. The summed E-state index contributed by atoms with van der Waals surface area (Å²) in [7, 11) is 0. The number of ether oxygens (including phenoxy) is 3. The van der Waals surface area contributed by atoms with Gasteiger partial charge in [-0.15, -0.1) is 11.3 Å². The summed E-state index contributed by atoms with van der Waals surface area (Å²) in [5.74, 6) is 1.73. The maximum absolute atomic E-state index is 12.5. The fourth-order valence-corrected chi connectivity index (χ4v) is 4.68. The highest BCUT2D eigenvalue weighted by molar-refractivity contribution is 7.13. The van der Waals surface area contributed by atoms with E-state index in [0.717, 1.165) is 73.3 Å². The van der Waals surface area contributed by atoms with E-state index in [9.17, 15) is 4.79 Å². The molecule has 0 bridgehead atoms. The van der Waals surface area contributed by atoms with Gasteiger partial charge in [0.1, 0.15) is 11.1 Å². The van der Waals surface area contributed by atoms with Gasteiger partial charge in [-0.05, 0) is 31.0 Å². The number of nitrogens with zero attached hydrogens (tertiary/aromatic N) is 3. The molecule has 1 amide bonds. The normalized spacial score (nSPS) is 22.0. The van der Waals surface area contributed by atoms with Gasteiger partial charge in [-0.25, -0.2) is 4.98 Å². The van der Waals surface area contributed by atoms with Crippen LogP contribution in [0.4, 0.5) is 0 Å². The van der Waals surface area contributed by atoms with Crippen molar-refractivity contribution < 1.29 is 19.0 Å². The number of fused-ring (bicyclic) bond motifs is 1. The van der Waals surface area contributed by atoms with E-state index in [-0.39, 0.29) is 18.8 Å². The van der Waals surface area contributed by atoms with Gasteiger partial charge in [-0.2, -0.15) is 0 Å². The van der Waals surface area contributed by atoms with Gasteiger partial charge in [-0.3, -0.25) is 9.69 Å². The first-order valence-electron chi connectivity index (χ1n) is 9.73. The minimum absolute atomic E-state index is 0.163. The van der Waals surface area contributed by atoms with Gasteiger partial charge in [0.05, 0.1) is 5.69 Å². The first kappa shape index (κ1) is 17.9. The molecule has 1 aromatic heterocycles. The van der Waals surface area contributed by atoms with Crippen molar-refractivity contribution in [2.75, 3.05) is 39.6 Å². The molecule has 5 rings (SSSR count). The Morgan fingerprint density at radius 3 is 2.86 bits per heavy atom. The molecular formula is C20H23N3O4S. The Morgan fingerprint density at radius 1 is 1.18 bits per heavy atom. The van der Waals surface area contributed by atoms with Crippen molar-refractivity contribution in [2.24, 2.45) is 0 Å². The zero-order valence-electron chi connectivity index (χ0n) is 15.6. The van der Waals surface area contributed by atoms with Crippen molar-refractivity contribution >= 4 is 17.2 Å². The number of hydrogen-bond acceptors (Lipinski definition) is 7. The number of rotatable bonds is 4. The van der Waals surface area contributed by atoms with E-state index in [1.807, 2.05) is 23.1 Å². The molecule has 0 aliphatic carbocycles. The van der Waals surface area contributed by atoms with E-state index in [0.29, 0.717) is 6.61 Å². The summed E-state index contributed by atoms with van der Waals surface area (Å²) < 4.78 is 16.4. The van der Waals surface area contributed by atoms with E-state index < -0.39 is 0 Å². The zero-order valence-corrected chi connectivity index (χ0v) is 16.5. The Balaban J connectivity index is 1.17. The molecule has 0 spiro atoms. The van der Waals surface area contributed by atoms with Gasteiger partial charge in [0.25, 0.3) is 5.91 Å². The molecule has 148 valence electrons. The fraction of sp³-hybridized carbons (Fsp3) is 0.500. The highest BCUT2D eigenvalue weighted by atomic mass is 32.1. The Labute approximate surface area is 167 Å². The van der Waals surface area contributed by atoms with Crippen molar-refractivity contribution in [3.63, 3.8) is 0 Å². The van der Waals surface area contributed by atoms with Crippen LogP contribution in [-0.2, 0) is 16.1 Å². The molecule has 28 heavy (non-hydrogen) atoms. The Kier molecular flexibility index (Phi) is 4.92. The van der Waals surface area contributed by atoms with Gasteiger partial charge in [0.15, 0.2) is 11.5 Å². The first-order valence-corrected chi connectivity index (χ1v) is 10.6. The average molecular weight is 401 g/mol. The number of aromatic nitrogens is 1. The van der Waals surface area contributed by atoms with Crippen LogP contribution >= 0.6 is 11.3 Å². The molecule has 7 nitrogen and oxygen atoms in total. The van der Waals surface area contributed by atoms with E-state index in [4.69, 9.17) is 19.2 Å². The fourth-order valence-electron chi connectivity index (χ4n) is 3.87. The molecule has 8 heteroatoms. The predicted molar refractivity (Wildman–Crippen MR) is 105 cm³/mol. The van der Waals surface area contributed by atoms with Crippen LogP contribution in [0.25, 0.3) is 10.6 Å². The van der Waals surface area contributed by atoms with Gasteiger partial charge in [0, 0.05) is 50.3 Å². The number of benzene rings is 1. The lowest BCUT2D eigenvalue weighted by molar-refractivity contribution is -0.142. The molecule has 2 aromatic rings. The lowest BCUT2D eigenvalue weighted by Crippen LogP contribution is -2.51. The van der Waals surface area contributed by atoms with Crippen LogP contribution in [0.2, 0.25) is 0 Å². The smallest absolute Gasteiger partial charge is 0.251 e. The van der Waals surface area contributed by atoms with Gasteiger partial charge < -0.3 is 19.1 Å². The molecular weight excluding hydrogens is 378 g/mol. The molecule has 3 aliphatic rings. The molecule has 1 atom stereocenters. The predicted octanol–water partition coefficient (Wildman–Crippen LogP) is 2.36. The van der Waals surface area contributed by atoms with Crippen molar-refractivity contribution in [1.29, 1.82) is 0 Å². The lowest BCUT2D eigenvalue weighted by Gasteiger charge is -2.35. The summed E-state index contributed by atoms with van der Waals surface area (Å²) in [5.41, 5.74) is 2.11. The summed E-state index contributed by atoms with van der Waals surface area (Å²) in [6, 6.07) is 5.94. The van der Waals surface area contributed by atoms with E-state index in [2.05, 4.69) is 10.3 Å². The SMILES string of the molecule is O=C(C1CCCO1)N1CCN(Cc2csc(-c3ccc4c(c3)OCO4)n2)CC1. The monoisotopic (exact) mass is 401 g/mol. The largest absolute Gasteiger partial charge is 0.454 e.